The number of nitrogens with zero attached hydrogens (tertiary/aromatic N) is 1. The van der Waals surface area contributed by atoms with Crippen molar-refractivity contribution in [2.75, 3.05) is 6.54 Å². The van der Waals surface area contributed by atoms with Crippen LogP contribution in [0.3, 0.4) is 0 Å². The lowest BCUT2D eigenvalue weighted by molar-refractivity contribution is 0.369. The van der Waals surface area contributed by atoms with Crippen molar-refractivity contribution in [2.45, 2.75) is 66.7 Å². The molecule has 0 atom stereocenters. The number of rotatable bonds is 8. The van der Waals surface area contributed by atoms with Gasteiger partial charge >= 0.3 is 0 Å². The second-order valence-corrected chi connectivity index (χ2v) is 6.21. The molecule has 96 valence electrons. The summed E-state index contributed by atoms with van der Waals surface area (Å²) in [5.74, 6) is 0.803. The van der Waals surface area contributed by atoms with Crippen LogP contribution in [0, 0.1) is 11.3 Å². The minimum absolute atomic E-state index is 0.457. The van der Waals surface area contributed by atoms with Crippen LogP contribution in [0.25, 0.3) is 0 Å². The Bertz CT molecular complexity index is 178. The van der Waals surface area contributed by atoms with Gasteiger partial charge in [0.15, 0.2) is 0 Å². The van der Waals surface area contributed by atoms with E-state index in [1.165, 1.54) is 25.7 Å². The lowest BCUT2D eigenvalue weighted by Crippen LogP contribution is -2.09. The lowest BCUT2D eigenvalue weighted by atomic mass is 9.90. The Morgan fingerprint density at radius 2 is 1.88 bits per heavy atom. The molecule has 1 N–H and O–H groups in total. The lowest BCUT2D eigenvalue weighted by Gasteiger charge is -2.16. The maximum absolute atomic E-state index is 4.21. The molecule has 0 aromatic carbocycles. The van der Waals surface area contributed by atoms with E-state index in [4.69, 9.17) is 0 Å². The Morgan fingerprint density at radius 3 is 2.44 bits per heavy atom. The molecule has 0 aliphatic heterocycles. The summed E-state index contributed by atoms with van der Waals surface area (Å²) in [4.78, 5) is 0. The van der Waals surface area contributed by atoms with Gasteiger partial charge in [0.25, 0.3) is 0 Å². The van der Waals surface area contributed by atoms with Gasteiger partial charge in [-0.3, -0.25) is 0 Å². The topological polar surface area (TPSA) is 24.4 Å². The number of hydrogen-bond donors (Lipinski definition) is 1. The molecule has 2 nitrogen and oxygen atoms in total. The predicted octanol–water partition coefficient (Wildman–Crippen LogP) is 4.21. The molecule has 16 heavy (non-hydrogen) atoms. The monoisotopic (exact) mass is 226 g/mol. The summed E-state index contributed by atoms with van der Waals surface area (Å²) in [5.41, 5.74) is 3.56. The molecule has 0 bridgehead atoms. The highest BCUT2D eigenvalue weighted by Crippen LogP contribution is 2.20. The summed E-state index contributed by atoms with van der Waals surface area (Å²) in [6.07, 6.45) is 8.12. The zero-order chi connectivity index (χ0) is 12.4. The average Bonchev–Trinajstić information content (AvgIpc) is 2.13. The third-order valence-electron chi connectivity index (χ3n) is 2.51. The van der Waals surface area contributed by atoms with Crippen molar-refractivity contribution >= 4 is 6.21 Å². The van der Waals surface area contributed by atoms with Gasteiger partial charge in [0, 0.05) is 12.8 Å². The van der Waals surface area contributed by atoms with Crippen LogP contribution in [0.4, 0.5) is 0 Å². The van der Waals surface area contributed by atoms with Gasteiger partial charge in [-0.2, -0.15) is 5.10 Å². The molecule has 0 fully saturated rings. The first-order valence-corrected chi connectivity index (χ1v) is 6.66. The fourth-order valence-corrected chi connectivity index (χ4v) is 1.51. The molecule has 0 radical (unpaired) electrons. The minimum atomic E-state index is 0.457. The van der Waals surface area contributed by atoms with E-state index in [2.05, 4.69) is 45.1 Å². The quantitative estimate of drug-likeness (QED) is 0.374. The Kier molecular flexibility index (Phi) is 8.32. The zero-order valence-electron chi connectivity index (χ0n) is 11.8. The van der Waals surface area contributed by atoms with Crippen LogP contribution >= 0.6 is 0 Å². The van der Waals surface area contributed by atoms with E-state index in [1.54, 1.807) is 0 Å². The summed E-state index contributed by atoms with van der Waals surface area (Å²) >= 11 is 0. The van der Waals surface area contributed by atoms with Crippen molar-refractivity contribution in [3.05, 3.63) is 0 Å². The van der Waals surface area contributed by atoms with Crippen LogP contribution in [-0.4, -0.2) is 12.8 Å². The van der Waals surface area contributed by atoms with Gasteiger partial charge in [-0.1, -0.05) is 34.6 Å². The van der Waals surface area contributed by atoms with Gasteiger partial charge in [-0.05, 0) is 43.4 Å². The molecule has 0 rings (SSSR count). The van der Waals surface area contributed by atoms with Crippen LogP contribution in [0.2, 0.25) is 0 Å². The van der Waals surface area contributed by atoms with E-state index < -0.39 is 0 Å². The molecule has 0 spiro atoms. The fraction of sp³-hybridized carbons (Fsp3) is 0.929. The van der Waals surface area contributed by atoms with Crippen LogP contribution in [-0.2, 0) is 0 Å². The van der Waals surface area contributed by atoms with E-state index in [0.29, 0.717) is 5.41 Å². The van der Waals surface area contributed by atoms with E-state index in [-0.39, 0.29) is 0 Å². The molecule has 0 aliphatic carbocycles. The average molecular weight is 226 g/mol. The maximum atomic E-state index is 4.21. The van der Waals surface area contributed by atoms with E-state index in [9.17, 15) is 0 Å². The van der Waals surface area contributed by atoms with Gasteiger partial charge in [-0.15, -0.1) is 0 Å². The molecule has 2 heteroatoms. The molecule has 0 saturated carbocycles. The van der Waals surface area contributed by atoms with Gasteiger partial charge in [0.1, 0.15) is 0 Å². The second kappa shape index (κ2) is 8.60. The molecule has 0 heterocycles. The molecule has 0 unspecified atom stereocenters. The smallest absolute Gasteiger partial charge is 0.0329 e. The summed E-state index contributed by atoms with van der Waals surface area (Å²) in [7, 11) is 0. The van der Waals surface area contributed by atoms with E-state index >= 15 is 0 Å². The zero-order valence-corrected chi connectivity index (χ0v) is 11.8. The van der Waals surface area contributed by atoms with Gasteiger partial charge in [-0.25, -0.2) is 0 Å². The molecule has 0 aliphatic rings. The highest BCUT2D eigenvalue weighted by molar-refractivity contribution is 5.56. The molecule has 0 saturated heterocycles. The SMILES string of the molecule is CC(C)CCCN/N=C/CCCC(C)(C)C. The predicted molar refractivity (Wildman–Crippen MR) is 73.9 cm³/mol. The first kappa shape index (κ1) is 15.5. The van der Waals surface area contributed by atoms with Crippen molar-refractivity contribution in [3.63, 3.8) is 0 Å². The number of hydrogen-bond acceptors (Lipinski definition) is 2. The fourth-order valence-electron chi connectivity index (χ4n) is 1.51. The third kappa shape index (κ3) is 13.5. The first-order chi connectivity index (χ1) is 7.42. The van der Waals surface area contributed by atoms with Gasteiger partial charge in [0.05, 0.1) is 0 Å². The number of hydrazone groups is 1. The molecule has 0 aromatic heterocycles. The maximum Gasteiger partial charge on any atom is 0.0329 e. The summed E-state index contributed by atoms with van der Waals surface area (Å²) in [5, 5.41) is 4.21. The molecule has 0 amide bonds. The van der Waals surface area contributed by atoms with Crippen LogP contribution in [0.5, 0.6) is 0 Å². The van der Waals surface area contributed by atoms with Crippen molar-refractivity contribution in [1.29, 1.82) is 0 Å². The Labute approximate surface area is 102 Å². The van der Waals surface area contributed by atoms with Crippen molar-refractivity contribution in [1.82, 2.24) is 5.43 Å². The number of unbranched alkanes of at least 4 members (excludes halogenated alkanes) is 1. The third-order valence-corrected chi connectivity index (χ3v) is 2.51. The normalized spacial score (nSPS) is 12.6. The highest BCUT2D eigenvalue weighted by atomic mass is 15.3. The number of nitrogens with one attached hydrogen (secondary N) is 1. The standard InChI is InChI=1S/C14H30N2/c1-13(2)9-8-12-16-15-11-7-6-10-14(3,4)5/h11,13,16H,6-10,12H2,1-5H3/b15-11+. The van der Waals surface area contributed by atoms with Crippen molar-refractivity contribution in [3.8, 4) is 0 Å². The Morgan fingerprint density at radius 1 is 1.19 bits per heavy atom. The van der Waals surface area contributed by atoms with Crippen LogP contribution in [0.1, 0.15) is 66.7 Å². The molecule has 0 aromatic rings. The summed E-state index contributed by atoms with van der Waals surface area (Å²) in [6, 6.07) is 0. The van der Waals surface area contributed by atoms with Crippen LogP contribution < -0.4 is 5.43 Å². The van der Waals surface area contributed by atoms with Gasteiger partial charge < -0.3 is 5.43 Å². The summed E-state index contributed by atoms with van der Waals surface area (Å²) in [6.45, 7) is 12.4. The second-order valence-electron chi connectivity index (χ2n) is 6.21. The van der Waals surface area contributed by atoms with Gasteiger partial charge in [0.2, 0.25) is 0 Å². The Hall–Kier alpha value is -0.530. The van der Waals surface area contributed by atoms with E-state index in [1.807, 2.05) is 6.21 Å². The largest absolute Gasteiger partial charge is 0.310 e. The molecular formula is C14H30N2. The van der Waals surface area contributed by atoms with Crippen molar-refractivity contribution in [2.24, 2.45) is 16.4 Å². The van der Waals surface area contributed by atoms with Crippen molar-refractivity contribution < 1.29 is 0 Å². The minimum Gasteiger partial charge on any atom is -0.310 e. The molecular weight excluding hydrogens is 196 g/mol. The highest BCUT2D eigenvalue weighted by Gasteiger charge is 2.07. The first-order valence-electron chi connectivity index (χ1n) is 6.66. The Balaban J connectivity index is 3.23. The van der Waals surface area contributed by atoms with E-state index in [0.717, 1.165) is 18.9 Å². The van der Waals surface area contributed by atoms with Crippen LogP contribution in [0.15, 0.2) is 5.10 Å². The summed E-state index contributed by atoms with van der Waals surface area (Å²) < 4.78 is 0.